The van der Waals surface area contributed by atoms with Crippen molar-refractivity contribution in [3.05, 3.63) is 47.5 Å². The van der Waals surface area contributed by atoms with Crippen LogP contribution in [0.4, 0.5) is 0 Å². The van der Waals surface area contributed by atoms with Crippen molar-refractivity contribution in [2.45, 2.75) is 32.4 Å². The molecule has 2 aromatic rings. The lowest BCUT2D eigenvalue weighted by Gasteiger charge is -2.29. The Hall–Kier alpha value is -2.70. The molecule has 1 aromatic heterocycles. The molecule has 2 amide bonds. The van der Waals surface area contributed by atoms with Crippen LogP contribution >= 0.6 is 0 Å². The van der Waals surface area contributed by atoms with E-state index in [-0.39, 0.29) is 24.4 Å². The smallest absolute Gasteiger partial charge is 0.233 e. The summed E-state index contributed by atoms with van der Waals surface area (Å²) in [5, 5.41) is 12.1. The van der Waals surface area contributed by atoms with Crippen LogP contribution in [0.2, 0.25) is 0 Å². The summed E-state index contributed by atoms with van der Waals surface area (Å²) in [7, 11) is 0. The summed E-state index contributed by atoms with van der Waals surface area (Å²) in [6, 6.07) is 8.04. The molecule has 1 aromatic carbocycles. The number of rotatable bonds is 4. The number of aromatic amines is 1. The minimum Gasteiger partial charge on any atom is -0.349 e. The second-order valence-corrected chi connectivity index (χ2v) is 5.74. The van der Waals surface area contributed by atoms with Crippen LogP contribution in [-0.2, 0) is 16.1 Å². The van der Waals surface area contributed by atoms with E-state index in [1.165, 1.54) is 6.33 Å². The van der Waals surface area contributed by atoms with Gasteiger partial charge in [0, 0.05) is 0 Å². The fourth-order valence-electron chi connectivity index (χ4n) is 2.81. The molecule has 2 heterocycles. The number of carbonyl (C=O) groups is 2. The number of hydrogen-bond donors (Lipinski definition) is 3. The van der Waals surface area contributed by atoms with Crippen LogP contribution < -0.4 is 10.6 Å². The summed E-state index contributed by atoms with van der Waals surface area (Å²) < 4.78 is 0. The Kier molecular flexibility index (Phi) is 4.36. The van der Waals surface area contributed by atoms with Gasteiger partial charge in [-0.1, -0.05) is 29.8 Å². The standard InChI is InChI=1S/C16H19N5O2/c1-10-3-2-4-11(7-10)13-6-5-12(16(23)20-13)15(22)17-8-14-18-9-19-21-14/h2-4,7,9,12-13H,5-6,8H2,1H3,(H,17,22)(H,20,23)(H,18,19,21). The molecule has 0 aliphatic carbocycles. The van der Waals surface area contributed by atoms with E-state index < -0.39 is 5.92 Å². The molecule has 0 saturated carbocycles. The highest BCUT2D eigenvalue weighted by Gasteiger charge is 2.33. The maximum atomic E-state index is 12.3. The van der Waals surface area contributed by atoms with Crippen molar-refractivity contribution in [3.63, 3.8) is 0 Å². The largest absolute Gasteiger partial charge is 0.349 e. The number of piperidine rings is 1. The summed E-state index contributed by atoms with van der Waals surface area (Å²) in [6.07, 6.45) is 2.72. The number of nitrogens with one attached hydrogen (secondary N) is 3. The van der Waals surface area contributed by atoms with E-state index in [0.717, 1.165) is 17.5 Å². The molecule has 1 fully saturated rings. The number of hydrogen-bond acceptors (Lipinski definition) is 4. The average Bonchev–Trinajstić information content (AvgIpc) is 3.06. The van der Waals surface area contributed by atoms with Crippen LogP contribution in [0.15, 0.2) is 30.6 Å². The van der Waals surface area contributed by atoms with Gasteiger partial charge in [0.25, 0.3) is 0 Å². The number of carbonyl (C=O) groups excluding carboxylic acids is 2. The molecule has 1 aliphatic heterocycles. The van der Waals surface area contributed by atoms with E-state index in [0.29, 0.717) is 12.2 Å². The molecule has 7 heteroatoms. The summed E-state index contributed by atoms with van der Waals surface area (Å²) in [4.78, 5) is 28.4. The Morgan fingerprint density at radius 3 is 2.96 bits per heavy atom. The third-order valence-corrected chi connectivity index (χ3v) is 4.02. The zero-order valence-corrected chi connectivity index (χ0v) is 12.9. The van der Waals surface area contributed by atoms with E-state index in [9.17, 15) is 9.59 Å². The maximum absolute atomic E-state index is 12.3. The molecule has 120 valence electrons. The van der Waals surface area contributed by atoms with Gasteiger partial charge in [-0.3, -0.25) is 14.7 Å². The number of benzene rings is 1. The van der Waals surface area contributed by atoms with Crippen molar-refractivity contribution in [2.24, 2.45) is 5.92 Å². The lowest BCUT2D eigenvalue weighted by Crippen LogP contribution is -2.46. The van der Waals surface area contributed by atoms with E-state index in [1.807, 2.05) is 25.1 Å². The van der Waals surface area contributed by atoms with Crippen molar-refractivity contribution in [1.82, 2.24) is 25.8 Å². The van der Waals surface area contributed by atoms with Gasteiger partial charge in [-0.05, 0) is 25.3 Å². The molecule has 3 N–H and O–H groups in total. The summed E-state index contributed by atoms with van der Waals surface area (Å²) in [5.41, 5.74) is 2.24. The lowest BCUT2D eigenvalue weighted by atomic mass is 9.89. The van der Waals surface area contributed by atoms with Crippen LogP contribution in [0, 0.1) is 12.8 Å². The quantitative estimate of drug-likeness (QED) is 0.733. The molecular weight excluding hydrogens is 294 g/mol. The van der Waals surface area contributed by atoms with Gasteiger partial charge in [-0.25, -0.2) is 4.98 Å². The van der Waals surface area contributed by atoms with Crippen LogP contribution in [0.1, 0.15) is 35.8 Å². The maximum Gasteiger partial charge on any atom is 0.233 e. The van der Waals surface area contributed by atoms with Crippen molar-refractivity contribution in [3.8, 4) is 0 Å². The molecule has 2 unspecified atom stereocenters. The first-order valence-electron chi connectivity index (χ1n) is 7.63. The van der Waals surface area contributed by atoms with Gasteiger partial charge < -0.3 is 10.6 Å². The Labute approximate surface area is 133 Å². The van der Waals surface area contributed by atoms with E-state index >= 15 is 0 Å². The van der Waals surface area contributed by atoms with Crippen molar-refractivity contribution in [2.75, 3.05) is 0 Å². The molecule has 0 radical (unpaired) electrons. The van der Waals surface area contributed by atoms with E-state index in [2.05, 4.69) is 31.9 Å². The fourth-order valence-corrected chi connectivity index (χ4v) is 2.81. The van der Waals surface area contributed by atoms with Crippen LogP contribution in [0.25, 0.3) is 0 Å². The predicted octanol–water partition coefficient (Wildman–Crippen LogP) is 0.997. The minimum absolute atomic E-state index is 0.0283. The van der Waals surface area contributed by atoms with Gasteiger partial charge in [-0.2, -0.15) is 5.10 Å². The molecule has 2 atom stereocenters. The Morgan fingerprint density at radius 2 is 2.26 bits per heavy atom. The average molecular weight is 313 g/mol. The zero-order valence-electron chi connectivity index (χ0n) is 12.9. The molecule has 7 nitrogen and oxygen atoms in total. The molecule has 0 spiro atoms. The lowest BCUT2D eigenvalue weighted by molar-refractivity contribution is -0.137. The number of amides is 2. The second-order valence-electron chi connectivity index (χ2n) is 5.74. The normalized spacial score (nSPS) is 20.8. The molecular formula is C16H19N5O2. The monoisotopic (exact) mass is 313 g/mol. The first-order valence-corrected chi connectivity index (χ1v) is 7.63. The van der Waals surface area contributed by atoms with Gasteiger partial charge in [0.1, 0.15) is 12.2 Å². The summed E-state index contributed by atoms with van der Waals surface area (Å²) in [6.45, 7) is 2.24. The minimum atomic E-state index is -0.657. The highest BCUT2D eigenvalue weighted by molar-refractivity contribution is 6.00. The highest BCUT2D eigenvalue weighted by Crippen LogP contribution is 2.27. The van der Waals surface area contributed by atoms with Crippen LogP contribution in [0.5, 0.6) is 0 Å². The van der Waals surface area contributed by atoms with Crippen molar-refractivity contribution in [1.29, 1.82) is 0 Å². The molecule has 1 aliphatic rings. The fraction of sp³-hybridized carbons (Fsp3) is 0.375. The van der Waals surface area contributed by atoms with Gasteiger partial charge in [0.05, 0.1) is 12.6 Å². The summed E-state index contributed by atoms with van der Waals surface area (Å²) in [5.74, 6) is -0.674. The number of nitrogens with zero attached hydrogens (tertiary/aromatic N) is 2. The first kappa shape index (κ1) is 15.2. The number of aryl methyl sites for hydroxylation is 1. The first-order chi connectivity index (χ1) is 11.1. The summed E-state index contributed by atoms with van der Waals surface area (Å²) >= 11 is 0. The molecule has 1 saturated heterocycles. The van der Waals surface area contributed by atoms with Crippen LogP contribution in [-0.4, -0.2) is 27.0 Å². The number of aromatic nitrogens is 3. The molecule has 0 bridgehead atoms. The second kappa shape index (κ2) is 6.60. The van der Waals surface area contributed by atoms with Crippen molar-refractivity contribution >= 4 is 11.8 Å². The predicted molar refractivity (Wildman–Crippen MR) is 83.0 cm³/mol. The third kappa shape index (κ3) is 3.56. The SMILES string of the molecule is Cc1cccc(C2CCC(C(=O)NCc3nc[nH]n3)C(=O)N2)c1. The van der Waals surface area contributed by atoms with Gasteiger partial charge in [0.15, 0.2) is 5.82 Å². The Balaban J connectivity index is 1.58. The topological polar surface area (TPSA) is 99.8 Å². The van der Waals surface area contributed by atoms with Gasteiger partial charge in [0.2, 0.25) is 11.8 Å². The highest BCUT2D eigenvalue weighted by atomic mass is 16.2. The molecule has 3 rings (SSSR count). The zero-order chi connectivity index (χ0) is 16.2. The van der Waals surface area contributed by atoms with E-state index in [4.69, 9.17) is 0 Å². The Morgan fingerprint density at radius 1 is 1.39 bits per heavy atom. The third-order valence-electron chi connectivity index (χ3n) is 4.02. The molecule has 23 heavy (non-hydrogen) atoms. The Bertz CT molecular complexity index is 698. The van der Waals surface area contributed by atoms with Crippen molar-refractivity contribution < 1.29 is 9.59 Å². The number of H-pyrrole nitrogens is 1. The van der Waals surface area contributed by atoms with Gasteiger partial charge >= 0.3 is 0 Å². The van der Waals surface area contributed by atoms with Gasteiger partial charge in [-0.15, -0.1) is 0 Å². The van der Waals surface area contributed by atoms with Crippen LogP contribution in [0.3, 0.4) is 0 Å². The van der Waals surface area contributed by atoms with E-state index in [1.54, 1.807) is 0 Å².